The van der Waals surface area contributed by atoms with Gasteiger partial charge in [0.1, 0.15) is 11.5 Å². The first-order valence-electron chi connectivity index (χ1n) is 16.0. The number of amides is 2. The molecule has 2 amide bonds. The SMILES string of the molecule is CC1(C)CNC(=O)c2ccc(cc2)Nc2nc(nc(OCC(F)(F)F)n2)NCc2ccc(c(Cl)c2)OCCCN(C(=O)Oc2ccc(NO)cc2)C1. The molecule has 0 saturated carbocycles. The van der Waals surface area contributed by atoms with Crippen molar-refractivity contribution in [2.24, 2.45) is 5.41 Å². The Kier molecular flexibility index (Phi) is 12.1. The van der Waals surface area contributed by atoms with Crippen LogP contribution in [0.25, 0.3) is 0 Å². The molecule has 4 aliphatic heterocycles. The summed E-state index contributed by atoms with van der Waals surface area (Å²) in [5.41, 5.74) is 3.30. The maximum atomic E-state index is 13.4. The molecule has 1 aromatic heterocycles. The predicted octanol–water partition coefficient (Wildman–Crippen LogP) is 6.66. The molecule has 6 bridgehead atoms. The van der Waals surface area contributed by atoms with Crippen molar-refractivity contribution in [3.05, 3.63) is 82.9 Å². The van der Waals surface area contributed by atoms with Gasteiger partial charge in [-0.3, -0.25) is 15.5 Å². The fourth-order valence-corrected chi connectivity index (χ4v) is 5.18. The zero-order valence-corrected chi connectivity index (χ0v) is 28.8. The molecule has 52 heavy (non-hydrogen) atoms. The lowest BCUT2D eigenvalue weighted by Gasteiger charge is -2.32. The van der Waals surface area contributed by atoms with Crippen LogP contribution >= 0.6 is 11.6 Å². The van der Waals surface area contributed by atoms with Crippen LogP contribution in [0.15, 0.2) is 66.7 Å². The predicted molar refractivity (Wildman–Crippen MR) is 186 cm³/mol. The van der Waals surface area contributed by atoms with Crippen LogP contribution in [-0.4, -0.2) is 76.1 Å². The van der Waals surface area contributed by atoms with Crippen molar-refractivity contribution in [1.82, 2.24) is 25.2 Å². The van der Waals surface area contributed by atoms with Gasteiger partial charge < -0.3 is 35.1 Å². The Morgan fingerprint density at radius 3 is 2.46 bits per heavy atom. The van der Waals surface area contributed by atoms with Gasteiger partial charge in [0.15, 0.2) is 6.61 Å². The van der Waals surface area contributed by atoms with E-state index in [9.17, 15) is 22.8 Å². The molecule has 0 saturated heterocycles. The van der Waals surface area contributed by atoms with Gasteiger partial charge in [-0.25, -0.2) is 4.79 Å². The van der Waals surface area contributed by atoms with Gasteiger partial charge in [0.25, 0.3) is 5.91 Å². The number of aromatic nitrogens is 3. The molecule has 0 spiro atoms. The maximum absolute atomic E-state index is 13.4. The van der Waals surface area contributed by atoms with Crippen LogP contribution in [0.3, 0.4) is 0 Å². The molecule has 4 aliphatic rings. The monoisotopic (exact) mass is 744 g/mol. The van der Waals surface area contributed by atoms with E-state index >= 15 is 0 Å². The first-order chi connectivity index (χ1) is 24.7. The largest absolute Gasteiger partial charge is 0.492 e. The highest BCUT2D eigenvalue weighted by Crippen LogP contribution is 2.27. The van der Waals surface area contributed by atoms with E-state index in [4.69, 9.17) is 31.0 Å². The lowest BCUT2D eigenvalue weighted by molar-refractivity contribution is -0.154. The van der Waals surface area contributed by atoms with E-state index in [-0.39, 0.29) is 56.3 Å². The highest BCUT2D eigenvalue weighted by molar-refractivity contribution is 6.32. The summed E-state index contributed by atoms with van der Waals surface area (Å²) < 4.78 is 55.0. The van der Waals surface area contributed by atoms with Crippen molar-refractivity contribution in [2.45, 2.75) is 33.0 Å². The first kappa shape index (κ1) is 37.7. The first-order valence-corrected chi connectivity index (χ1v) is 16.4. The van der Waals surface area contributed by atoms with E-state index in [2.05, 4.69) is 30.9 Å². The third kappa shape index (κ3) is 11.2. The van der Waals surface area contributed by atoms with Crippen molar-refractivity contribution in [3.63, 3.8) is 0 Å². The smallest absolute Gasteiger partial charge is 0.422 e. The molecule has 8 rings (SSSR count). The summed E-state index contributed by atoms with van der Waals surface area (Å²) in [4.78, 5) is 40.2. The second-order valence-electron chi connectivity index (χ2n) is 12.5. The van der Waals surface area contributed by atoms with Crippen LogP contribution < -0.4 is 35.6 Å². The number of ether oxygens (including phenoxy) is 3. The minimum absolute atomic E-state index is 0.0681. The number of hydrogen-bond acceptors (Lipinski definition) is 12. The van der Waals surface area contributed by atoms with Crippen LogP contribution in [0.1, 0.15) is 36.2 Å². The van der Waals surface area contributed by atoms with Gasteiger partial charge in [-0.1, -0.05) is 31.5 Å². The van der Waals surface area contributed by atoms with E-state index in [0.29, 0.717) is 39.7 Å². The topological polar surface area (TPSA) is 172 Å². The second-order valence-corrected chi connectivity index (χ2v) is 12.9. The number of hydrogen-bond donors (Lipinski definition) is 5. The van der Waals surface area contributed by atoms with Crippen molar-refractivity contribution in [3.8, 4) is 17.5 Å². The molecule has 0 radical (unpaired) electrons. The maximum Gasteiger partial charge on any atom is 0.422 e. The minimum atomic E-state index is -4.61. The number of carbonyl (C=O) groups excluding carboxylic acids is 2. The lowest BCUT2D eigenvalue weighted by atomic mass is 9.92. The quantitative estimate of drug-likeness (QED) is 0.141. The molecule has 5 heterocycles. The number of nitrogens with zero attached hydrogens (tertiary/aromatic N) is 4. The lowest BCUT2D eigenvalue weighted by Crippen LogP contribution is -2.46. The number of anilines is 4. The Morgan fingerprint density at radius 1 is 1.04 bits per heavy atom. The van der Waals surface area contributed by atoms with Gasteiger partial charge in [0.05, 0.1) is 17.3 Å². The fourth-order valence-electron chi connectivity index (χ4n) is 4.92. The Morgan fingerprint density at radius 2 is 1.77 bits per heavy atom. The Labute approximate surface area is 301 Å². The number of rotatable bonds is 4. The summed E-state index contributed by atoms with van der Waals surface area (Å²) in [7, 11) is 0. The van der Waals surface area contributed by atoms with Gasteiger partial charge in [-0.2, -0.15) is 28.1 Å². The zero-order valence-electron chi connectivity index (χ0n) is 28.1. The second kappa shape index (κ2) is 16.6. The summed E-state index contributed by atoms with van der Waals surface area (Å²) in [5, 5.41) is 18.1. The van der Waals surface area contributed by atoms with Gasteiger partial charge in [-0.15, -0.1) is 0 Å². The third-order valence-corrected chi connectivity index (χ3v) is 7.75. The van der Waals surface area contributed by atoms with Crippen molar-refractivity contribution < 1.29 is 42.2 Å². The summed E-state index contributed by atoms with van der Waals surface area (Å²) in [5.74, 6) is 0.134. The van der Waals surface area contributed by atoms with Gasteiger partial charge in [0, 0.05) is 37.4 Å². The molecule has 276 valence electrons. The minimum Gasteiger partial charge on any atom is -0.492 e. The van der Waals surface area contributed by atoms with Gasteiger partial charge in [-0.05, 0) is 78.1 Å². The van der Waals surface area contributed by atoms with Gasteiger partial charge in [0.2, 0.25) is 11.9 Å². The highest BCUT2D eigenvalue weighted by atomic mass is 35.5. The number of benzene rings is 3. The molecule has 0 unspecified atom stereocenters. The Bertz CT molecular complexity index is 1850. The third-order valence-electron chi connectivity index (χ3n) is 7.45. The van der Waals surface area contributed by atoms with E-state index in [1.165, 1.54) is 4.90 Å². The number of alkyl halides is 3. The molecule has 0 aliphatic carbocycles. The zero-order chi connectivity index (χ0) is 37.3. The van der Waals surface area contributed by atoms with E-state index in [1.807, 2.05) is 19.3 Å². The summed E-state index contributed by atoms with van der Waals surface area (Å²) in [6.07, 6.45) is -4.81. The van der Waals surface area contributed by atoms with Crippen molar-refractivity contribution >= 4 is 46.9 Å². The number of halogens is 4. The number of carbonyl (C=O) groups is 2. The molecule has 14 nitrogen and oxygen atoms in total. The van der Waals surface area contributed by atoms with Crippen LogP contribution in [-0.2, 0) is 6.54 Å². The molecular weight excluding hydrogens is 709 g/mol. The van der Waals surface area contributed by atoms with Crippen LogP contribution in [0.4, 0.5) is 41.2 Å². The Balaban J connectivity index is 1.37. The summed E-state index contributed by atoms with van der Waals surface area (Å²) in [6, 6.07) is 17.0. The summed E-state index contributed by atoms with van der Waals surface area (Å²) in [6.45, 7) is 3.20. The molecule has 5 N–H and O–H groups in total. The van der Waals surface area contributed by atoms with Crippen molar-refractivity contribution in [1.29, 1.82) is 0 Å². The molecule has 3 aromatic carbocycles. The summed E-state index contributed by atoms with van der Waals surface area (Å²) >= 11 is 6.51. The normalized spacial score (nSPS) is 15.3. The average molecular weight is 745 g/mol. The van der Waals surface area contributed by atoms with E-state index < -0.39 is 30.3 Å². The van der Waals surface area contributed by atoms with Crippen LogP contribution in [0, 0.1) is 5.41 Å². The Hall–Kier alpha value is -5.55. The average Bonchev–Trinajstić information content (AvgIpc) is 3.10. The molecular formula is C34H36ClF3N8O6. The molecule has 4 aromatic rings. The van der Waals surface area contributed by atoms with Crippen molar-refractivity contribution in [2.75, 3.05) is 49.0 Å². The number of nitrogens with one attached hydrogen (secondary N) is 4. The standard InChI is InChI=1S/C34H36ClF3N8O6/c1-33(2)18-40-28(47)22-5-7-23(8-6-22)41-30-42-29(43-31(44-30)51-20-34(36,37)38)39-17-21-4-13-27(26(35)16-21)50-15-3-14-46(19-33)32(48)52-25-11-9-24(45-49)10-12-25/h4-13,16,45,49H,3,14-15,17-20H2,1-2H3,(H,40,47)(H2,39,41,42,43,44). The molecule has 18 heteroatoms. The fraction of sp³-hybridized carbons (Fsp3) is 0.324. The highest BCUT2D eigenvalue weighted by Gasteiger charge is 2.30. The van der Waals surface area contributed by atoms with E-state index in [0.717, 1.165) is 0 Å². The molecule has 0 atom stereocenters. The van der Waals surface area contributed by atoms with Crippen LogP contribution in [0.2, 0.25) is 5.02 Å². The molecule has 0 fully saturated rings. The van der Waals surface area contributed by atoms with Gasteiger partial charge >= 0.3 is 18.3 Å². The van der Waals surface area contributed by atoms with E-state index in [1.54, 1.807) is 66.7 Å². The van der Waals surface area contributed by atoms with Crippen LogP contribution in [0.5, 0.6) is 17.5 Å².